The van der Waals surface area contributed by atoms with Gasteiger partial charge in [-0.05, 0) is 31.9 Å². The molecule has 0 saturated carbocycles. The molecule has 0 aromatic heterocycles. The highest BCUT2D eigenvalue weighted by Gasteiger charge is 2.21. The topological polar surface area (TPSA) is 69.3 Å². The van der Waals surface area contributed by atoms with E-state index in [1.807, 2.05) is 44.2 Å². The first kappa shape index (κ1) is 24.8. The molecule has 2 aromatic carbocycles. The second-order valence-corrected chi connectivity index (χ2v) is 7.05. The van der Waals surface area contributed by atoms with Crippen LogP contribution in [0.25, 0.3) is 0 Å². The number of benzene rings is 2. The van der Waals surface area contributed by atoms with Gasteiger partial charge in [-0.1, -0.05) is 41.9 Å². The van der Waals surface area contributed by atoms with E-state index in [9.17, 15) is 4.79 Å². The highest BCUT2D eigenvalue weighted by atomic mass is 35.5. The monoisotopic (exact) mass is 450 g/mol. The Balaban J connectivity index is 2.20. The molecule has 0 heterocycles. The second kappa shape index (κ2) is 13.0. The Kier molecular flexibility index (Phi) is 10.4. The molecule has 0 spiro atoms. The van der Waals surface area contributed by atoms with E-state index in [-0.39, 0.29) is 12.6 Å². The van der Waals surface area contributed by atoms with Gasteiger partial charge in [-0.2, -0.15) is 0 Å². The zero-order valence-corrected chi connectivity index (χ0v) is 19.3. The molecule has 0 saturated heterocycles. The van der Waals surface area contributed by atoms with Crippen LogP contribution in [0.3, 0.4) is 0 Å². The van der Waals surface area contributed by atoms with Crippen molar-refractivity contribution in [2.24, 2.45) is 0 Å². The number of amides is 2. The molecule has 31 heavy (non-hydrogen) atoms. The Bertz CT molecular complexity index is 813. The lowest BCUT2D eigenvalue weighted by molar-refractivity contribution is -0.142. The maximum Gasteiger partial charge on any atom is 0.322 e. The molecule has 170 valence electrons. The summed E-state index contributed by atoms with van der Waals surface area (Å²) in [5.74, 6) is 0.911. The summed E-state index contributed by atoms with van der Waals surface area (Å²) in [5.41, 5.74) is 1.59. The van der Waals surface area contributed by atoms with Crippen LogP contribution in [0.15, 0.2) is 42.5 Å². The highest BCUT2D eigenvalue weighted by molar-refractivity contribution is 6.32. The van der Waals surface area contributed by atoms with Crippen LogP contribution in [0.5, 0.6) is 11.5 Å². The van der Waals surface area contributed by atoms with Crippen LogP contribution in [0.4, 0.5) is 10.5 Å². The Morgan fingerprint density at radius 3 is 2.26 bits per heavy atom. The molecule has 0 radical (unpaired) electrons. The van der Waals surface area contributed by atoms with Crippen LogP contribution in [-0.4, -0.2) is 57.7 Å². The standard InChI is InChI=1S/C23H31ClN2O5/c1-5-30-22(31-6-2)16-26(13-12-17-10-8-7-9-11-17)23(27)25-19-14-18(24)20(28-3)15-21(19)29-4/h7-11,14-15,22H,5-6,12-13,16H2,1-4H3,(H,25,27). The molecule has 0 aliphatic heterocycles. The summed E-state index contributed by atoms with van der Waals surface area (Å²) in [6.45, 7) is 5.53. The SMILES string of the molecule is CCOC(CN(CCc1ccccc1)C(=O)Nc1cc(Cl)c(OC)cc1OC)OCC. The minimum atomic E-state index is -0.516. The Morgan fingerprint density at radius 2 is 1.68 bits per heavy atom. The van der Waals surface area contributed by atoms with E-state index in [0.717, 1.165) is 5.56 Å². The van der Waals surface area contributed by atoms with Crippen LogP contribution in [0.2, 0.25) is 5.02 Å². The molecular formula is C23H31ClN2O5. The van der Waals surface area contributed by atoms with Crippen LogP contribution in [0, 0.1) is 0 Å². The number of carbonyl (C=O) groups is 1. The number of methoxy groups -OCH3 is 2. The lowest BCUT2D eigenvalue weighted by atomic mass is 10.1. The van der Waals surface area contributed by atoms with Gasteiger partial charge in [0.05, 0.1) is 31.5 Å². The van der Waals surface area contributed by atoms with Crippen LogP contribution in [0.1, 0.15) is 19.4 Å². The third kappa shape index (κ3) is 7.61. The van der Waals surface area contributed by atoms with Gasteiger partial charge in [0.15, 0.2) is 6.29 Å². The van der Waals surface area contributed by atoms with E-state index in [0.29, 0.717) is 48.4 Å². The quantitative estimate of drug-likeness (QED) is 0.469. The maximum atomic E-state index is 13.2. The number of halogens is 1. The van der Waals surface area contributed by atoms with Gasteiger partial charge in [0.25, 0.3) is 0 Å². The highest BCUT2D eigenvalue weighted by Crippen LogP contribution is 2.36. The lowest BCUT2D eigenvalue weighted by Gasteiger charge is -2.28. The minimum absolute atomic E-state index is 0.284. The summed E-state index contributed by atoms with van der Waals surface area (Å²) in [5, 5.41) is 3.26. The molecular weight excluding hydrogens is 420 g/mol. The fourth-order valence-corrected chi connectivity index (χ4v) is 3.28. The molecule has 7 nitrogen and oxygen atoms in total. The van der Waals surface area contributed by atoms with E-state index in [4.69, 9.17) is 30.5 Å². The summed E-state index contributed by atoms with van der Waals surface area (Å²) in [4.78, 5) is 14.9. The van der Waals surface area contributed by atoms with Crippen molar-refractivity contribution < 1.29 is 23.7 Å². The second-order valence-electron chi connectivity index (χ2n) is 6.64. The Labute approximate surface area is 189 Å². The normalized spacial score (nSPS) is 10.8. The number of ether oxygens (including phenoxy) is 4. The van der Waals surface area contributed by atoms with E-state index < -0.39 is 6.29 Å². The zero-order chi connectivity index (χ0) is 22.6. The summed E-state index contributed by atoms with van der Waals surface area (Å²) in [6, 6.07) is 12.9. The number of anilines is 1. The first-order chi connectivity index (χ1) is 15.0. The number of hydrogen-bond donors (Lipinski definition) is 1. The van der Waals surface area contributed by atoms with Gasteiger partial charge in [0, 0.05) is 25.8 Å². The van der Waals surface area contributed by atoms with Crippen molar-refractivity contribution in [1.82, 2.24) is 4.90 Å². The molecule has 2 aromatic rings. The van der Waals surface area contributed by atoms with Gasteiger partial charge < -0.3 is 29.2 Å². The predicted molar refractivity (Wildman–Crippen MR) is 122 cm³/mol. The zero-order valence-electron chi connectivity index (χ0n) is 18.5. The molecule has 8 heteroatoms. The maximum absolute atomic E-state index is 13.2. The number of urea groups is 1. The summed E-state index contributed by atoms with van der Waals surface area (Å²) >= 11 is 6.24. The van der Waals surface area contributed by atoms with Gasteiger partial charge in [-0.3, -0.25) is 0 Å². The van der Waals surface area contributed by atoms with Crippen molar-refractivity contribution >= 4 is 23.3 Å². The molecule has 0 aliphatic rings. The Morgan fingerprint density at radius 1 is 1.03 bits per heavy atom. The fraction of sp³-hybridized carbons (Fsp3) is 0.435. The van der Waals surface area contributed by atoms with E-state index >= 15 is 0 Å². The number of carbonyl (C=O) groups excluding carboxylic acids is 1. The summed E-state index contributed by atoms with van der Waals surface area (Å²) in [7, 11) is 3.04. The summed E-state index contributed by atoms with van der Waals surface area (Å²) < 4.78 is 21.9. The molecule has 0 fully saturated rings. The van der Waals surface area contributed by atoms with Gasteiger partial charge >= 0.3 is 6.03 Å². The minimum Gasteiger partial charge on any atom is -0.495 e. The van der Waals surface area contributed by atoms with Gasteiger partial charge in [-0.25, -0.2) is 4.79 Å². The van der Waals surface area contributed by atoms with Crippen LogP contribution < -0.4 is 14.8 Å². The first-order valence-corrected chi connectivity index (χ1v) is 10.6. The molecule has 0 bridgehead atoms. The average Bonchev–Trinajstić information content (AvgIpc) is 2.77. The molecule has 0 unspecified atom stereocenters. The van der Waals surface area contributed by atoms with Gasteiger partial charge in [0.2, 0.25) is 0 Å². The van der Waals surface area contributed by atoms with Crippen LogP contribution >= 0.6 is 11.6 Å². The van der Waals surface area contributed by atoms with E-state index in [1.165, 1.54) is 14.2 Å². The number of hydrogen-bond acceptors (Lipinski definition) is 5. The van der Waals surface area contributed by atoms with Gasteiger partial charge in [-0.15, -0.1) is 0 Å². The summed E-state index contributed by atoms with van der Waals surface area (Å²) in [6.07, 6.45) is 0.178. The predicted octanol–water partition coefficient (Wildman–Crippen LogP) is 4.83. The third-order valence-corrected chi connectivity index (χ3v) is 4.89. The smallest absolute Gasteiger partial charge is 0.322 e. The number of nitrogens with one attached hydrogen (secondary N) is 1. The molecule has 2 rings (SSSR count). The average molecular weight is 451 g/mol. The van der Waals surface area contributed by atoms with Crippen molar-refractivity contribution in [3.05, 3.63) is 53.1 Å². The van der Waals surface area contributed by atoms with Gasteiger partial charge in [0.1, 0.15) is 11.5 Å². The number of rotatable bonds is 12. The van der Waals surface area contributed by atoms with Crippen molar-refractivity contribution in [3.8, 4) is 11.5 Å². The van der Waals surface area contributed by atoms with E-state index in [2.05, 4.69) is 5.32 Å². The molecule has 1 N–H and O–H groups in total. The largest absolute Gasteiger partial charge is 0.495 e. The van der Waals surface area contributed by atoms with Crippen molar-refractivity contribution in [1.29, 1.82) is 0 Å². The molecule has 0 aliphatic carbocycles. The Hall–Kier alpha value is -2.48. The first-order valence-electron chi connectivity index (χ1n) is 10.3. The van der Waals surface area contributed by atoms with E-state index in [1.54, 1.807) is 17.0 Å². The van der Waals surface area contributed by atoms with Crippen molar-refractivity contribution in [2.45, 2.75) is 26.6 Å². The third-order valence-electron chi connectivity index (χ3n) is 4.59. The lowest BCUT2D eigenvalue weighted by Crippen LogP contribution is -2.43. The van der Waals surface area contributed by atoms with Crippen molar-refractivity contribution in [2.75, 3.05) is 45.8 Å². The number of nitrogens with zero attached hydrogens (tertiary/aromatic N) is 1. The molecule has 2 amide bonds. The van der Waals surface area contributed by atoms with Crippen molar-refractivity contribution in [3.63, 3.8) is 0 Å². The fourth-order valence-electron chi connectivity index (χ4n) is 3.04. The van der Waals surface area contributed by atoms with Crippen LogP contribution in [-0.2, 0) is 15.9 Å². The molecule has 0 atom stereocenters.